The maximum atomic E-state index is 12.3. The Hall–Kier alpha value is -2.82. The van der Waals surface area contributed by atoms with Gasteiger partial charge >= 0.3 is 5.97 Å². The molecular formula is C23H29NO4. The molecule has 1 heterocycles. The first-order chi connectivity index (χ1) is 13.5. The van der Waals surface area contributed by atoms with Gasteiger partial charge in [-0.25, -0.2) is 4.79 Å². The molecule has 0 aliphatic rings. The van der Waals surface area contributed by atoms with Gasteiger partial charge in [0.2, 0.25) is 5.91 Å². The molecule has 1 aromatic heterocycles. The zero-order chi connectivity index (χ0) is 20.4. The van der Waals surface area contributed by atoms with Crippen molar-refractivity contribution >= 4 is 18.0 Å². The second kappa shape index (κ2) is 11.1. The summed E-state index contributed by atoms with van der Waals surface area (Å²) in [4.78, 5) is 24.7. The lowest BCUT2D eigenvalue weighted by Gasteiger charge is -2.17. The average molecular weight is 383 g/mol. The van der Waals surface area contributed by atoms with Crippen LogP contribution < -0.4 is 0 Å². The van der Waals surface area contributed by atoms with Crippen molar-refractivity contribution in [2.45, 2.75) is 52.0 Å². The maximum Gasteiger partial charge on any atom is 0.328 e. The van der Waals surface area contributed by atoms with E-state index in [4.69, 9.17) is 9.52 Å². The molecule has 2 rings (SSSR count). The molecular weight excluding hydrogens is 354 g/mol. The largest absolute Gasteiger partial charge is 0.478 e. The molecule has 2 aromatic rings. The lowest BCUT2D eigenvalue weighted by Crippen LogP contribution is -2.25. The van der Waals surface area contributed by atoms with Gasteiger partial charge in [-0.15, -0.1) is 0 Å². The molecule has 0 bridgehead atoms. The highest BCUT2D eigenvalue weighted by Gasteiger charge is 2.10. The van der Waals surface area contributed by atoms with Gasteiger partial charge in [-0.1, -0.05) is 50.8 Å². The summed E-state index contributed by atoms with van der Waals surface area (Å²) in [7, 11) is 1.84. The summed E-state index contributed by atoms with van der Waals surface area (Å²) in [6, 6.07) is 11.4. The Bertz CT molecular complexity index is 806. The van der Waals surface area contributed by atoms with Gasteiger partial charge in [0, 0.05) is 31.7 Å². The van der Waals surface area contributed by atoms with E-state index in [0.717, 1.165) is 30.0 Å². The summed E-state index contributed by atoms with van der Waals surface area (Å²) in [6.07, 6.45) is 8.75. The van der Waals surface area contributed by atoms with E-state index in [-0.39, 0.29) is 5.91 Å². The number of hydrogen-bond donors (Lipinski definition) is 1. The fourth-order valence-electron chi connectivity index (χ4n) is 3.01. The van der Waals surface area contributed by atoms with Crippen LogP contribution in [0.5, 0.6) is 0 Å². The number of nitrogens with zero attached hydrogens (tertiary/aromatic N) is 1. The van der Waals surface area contributed by atoms with E-state index >= 15 is 0 Å². The molecule has 0 atom stereocenters. The van der Waals surface area contributed by atoms with Crippen LogP contribution in [0.15, 0.2) is 46.9 Å². The molecule has 0 saturated carbocycles. The quantitative estimate of drug-likeness (QED) is 0.419. The monoisotopic (exact) mass is 383 g/mol. The molecule has 150 valence electrons. The Morgan fingerprint density at radius 3 is 2.64 bits per heavy atom. The number of benzene rings is 1. The van der Waals surface area contributed by atoms with Gasteiger partial charge in [-0.3, -0.25) is 4.79 Å². The smallest absolute Gasteiger partial charge is 0.328 e. The number of unbranched alkanes of at least 4 members (excludes halogenated alkanes) is 4. The third-order valence-corrected chi connectivity index (χ3v) is 4.57. The van der Waals surface area contributed by atoms with Crippen molar-refractivity contribution in [2.75, 3.05) is 7.05 Å². The molecule has 0 aliphatic heterocycles. The molecule has 28 heavy (non-hydrogen) atoms. The average Bonchev–Trinajstić information content (AvgIpc) is 3.15. The van der Waals surface area contributed by atoms with Crippen LogP contribution in [0.25, 0.3) is 17.4 Å². The predicted octanol–water partition coefficient (Wildman–Crippen LogP) is 5.36. The van der Waals surface area contributed by atoms with Crippen LogP contribution >= 0.6 is 0 Å². The van der Waals surface area contributed by atoms with Crippen LogP contribution in [0.2, 0.25) is 0 Å². The van der Waals surface area contributed by atoms with Crippen LogP contribution in [0.1, 0.15) is 56.8 Å². The highest BCUT2D eigenvalue weighted by atomic mass is 16.4. The standard InChI is InChI=1S/C23H29NO4/c1-3-4-5-6-7-11-22(25)24(2)17-18-9-8-10-19(16-18)21-14-12-20(28-21)13-15-23(26)27/h8-10,12-16H,3-7,11,17H2,1-2H3,(H,26,27). The molecule has 0 saturated heterocycles. The summed E-state index contributed by atoms with van der Waals surface area (Å²) in [5, 5.41) is 8.70. The highest BCUT2D eigenvalue weighted by Crippen LogP contribution is 2.24. The van der Waals surface area contributed by atoms with Crippen molar-refractivity contribution in [3.05, 3.63) is 53.8 Å². The Balaban J connectivity index is 1.93. The number of aliphatic carboxylic acids is 1. The number of carboxylic acids is 1. The normalized spacial score (nSPS) is 11.1. The van der Waals surface area contributed by atoms with E-state index in [0.29, 0.717) is 24.5 Å². The minimum Gasteiger partial charge on any atom is -0.478 e. The molecule has 0 radical (unpaired) electrons. The van der Waals surface area contributed by atoms with Gasteiger partial charge in [0.25, 0.3) is 0 Å². The van der Waals surface area contributed by atoms with E-state index in [1.165, 1.54) is 25.3 Å². The minimum atomic E-state index is -1.02. The summed E-state index contributed by atoms with van der Waals surface area (Å²) in [5.74, 6) is 0.300. The highest BCUT2D eigenvalue weighted by molar-refractivity contribution is 5.84. The molecule has 0 aliphatic carbocycles. The minimum absolute atomic E-state index is 0.168. The Labute approximate surface area is 166 Å². The number of hydrogen-bond acceptors (Lipinski definition) is 3. The molecule has 0 unspecified atom stereocenters. The van der Waals surface area contributed by atoms with Crippen molar-refractivity contribution in [3.8, 4) is 11.3 Å². The SMILES string of the molecule is CCCCCCCC(=O)N(C)Cc1cccc(-c2ccc(C=CC(=O)O)o2)c1. The molecule has 5 nitrogen and oxygen atoms in total. The van der Waals surface area contributed by atoms with Gasteiger partial charge in [-0.05, 0) is 36.3 Å². The van der Waals surface area contributed by atoms with Crippen molar-refractivity contribution in [2.24, 2.45) is 0 Å². The van der Waals surface area contributed by atoms with Crippen molar-refractivity contribution < 1.29 is 19.1 Å². The number of amides is 1. The number of carboxylic acid groups (broad SMARTS) is 1. The van der Waals surface area contributed by atoms with Crippen molar-refractivity contribution in [1.29, 1.82) is 0 Å². The summed E-state index contributed by atoms with van der Waals surface area (Å²) >= 11 is 0. The number of carbonyl (C=O) groups excluding carboxylic acids is 1. The lowest BCUT2D eigenvalue weighted by molar-refractivity contribution is -0.131. The lowest BCUT2D eigenvalue weighted by atomic mass is 10.1. The number of furan rings is 1. The summed E-state index contributed by atoms with van der Waals surface area (Å²) in [5.41, 5.74) is 1.92. The first kappa shape index (κ1) is 21.5. The van der Waals surface area contributed by atoms with Crippen LogP contribution in [0.4, 0.5) is 0 Å². The molecule has 5 heteroatoms. The van der Waals surface area contributed by atoms with Crippen molar-refractivity contribution in [1.82, 2.24) is 4.90 Å². The van der Waals surface area contributed by atoms with Crippen LogP contribution in [0, 0.1) is 0 Å². The molecule has 1 aromatic carbocycles. The predicted molar refractivity (Wildman–Crippen MR) is 111 cm³/mol. The third kappa shape index (κ3) is 7.06. The molecule has 0 spiro atoms. The zero-order valence-electron chi connectivity index (χ0n) is 16.7. The molecule has 1 amide bonds. The Morgan fingerprint density at radius 1 is 1.11 bits per heavy atom. The van der Waals surface area contributed by atoms with Gasteiger partial charge < -0.3 is 14.4 Å². The zero-order valence-corrected chi connectivity index (χ0v) is 16.7. The first-order valence-electron chi connectivity index (χ1n) is 9.83. The van der Waals surface area contributed by atoms with Crippen LogP contribution in [-0.4, -0.2) is 28.9 Å². The Morgan fingerprint density at radius 2 is 1.89 bits per heavy atom. The van der Waals surface area contributed by atoms with Gasteiger partial charge in [0.05, 0.1) is 0 Å². The van der Waals surface area contributed by atoms with Crippen LogP contribution in [0.3, 0.4) is 0 Å². The van der Waals surface area contributed by atoms with E-state index in [9.17, 15) is 9.59 Å². The summed E-state index contributed by atoms with van der Waals surface area (Å²) < 4.78 is 5.68. The Kier molecular flexibility index (Phi) is 8.53. The third-order valence-electron chi connectivity index (χ3n) is 4.57. The van der Waals surface area contributed by atoms with E-state index < -0.39 is 5.97 Å². The van der Waals surface area contributed by atoms with Crippen molar-refractivity contribution in [3.63, 3.8) is 0 Å². The second-order valence-electron chi connectivity index (χ2n) is 6.99. The second-order valence-corrected chi connectivity index (χ2v) is 6.99. The van der Waals surface area contributed by atoms with Crippen LogP contribution in [-0.2, 0) is 16.1 Å². The number of carbonyl (C=O) groups is 2. The molecule has 0 fully saturated rings. The fourth-order valence-corrected chi connectivity index (χ4v) is 3.01. The fraction of sp³-hybridized carbons (Fsp3) is 0.391. The molecule has 1 N–H and O–H groups in total. The van der Waals surface area contributed by atoms with Gasteiger partial charge in [0.1, 0.15) is 11.5 Å². The van der Waals surface area contributed by atoms with Gasteiger partial charge in [0.15, 0.2) is 0 Å². The first-order valence-corrected chi connectivity index (χ1v) is 9.83. The van der Waals surface area contributed by atoms with E-state index in [2.05, 4.69) is 6.92 Å². The number of rotatable bonds is 11. The van der Waals surface area contributed by atoms with E-state index in [1.54, 1.807) is 11.0 Å². The topological polar surface area (TPSA) is 70.8 Å². The summed E-state index contributed by atoms with van der Waals surface area (Å²) in [6.45, 7) is 2.73. The van der Waals surface area contributed by atoms with E-state index in [1.807, 2.05) is 37.4 Å². The maximum absolute atomic E-state index is 12.3. The van der Waals surface area contributed by atoms with Gasteiger partial charge in [-0.2, -0.15) is 0 Å².